The number of esters is 1. The first-order valence-corrected chi connectivity index (χ1v) is 15.2. The van der Waals surface area contributed by atoms with Crippen molar-refractivity contribution in [3.05, 3.63) is 11.6 Å². The van der Waals surface area contributed by atoms with Gasteiger partial charge in [0.25, 0.3) is 0 Å². The van der Waals surface area contributed by atoms with Gasteiger partial charge in [-0.1, -0.05) is 6.92 Å². The highest BCUT2D eigenvalue weighted by Gasteiger charge is 2.70. The second-order valence-corrected chi connectivity index (χ2v) is 13.8. The number of hydrogen-bond donors (Lipinski definition) is 6. The van der Waals surface area contributed by atoms with E-state index in [4.69, 9.17) is 18.9 Å². The van der Waals surface area contributed by atoms with E-state index in [9.17, 15) is 35.4 Å². The molecule has 11 nitrogen and oxygen atoms in total. The van der Waals surface area contributed by atoms with Crippen LogP contribution in [0, 0.1) is 34.5 Å². The van der Waals surface area contributed by atoms with E-state index in [0.717, 1.165) is 18.4 Å². The van der Waals surface area contributed by atoms with Gasteiger partial charge < -0.3 is 49.6 Å². The van der Waals surface area contributed by atoms with Gasteiger partial charge >= 0.3 is 5.97 Å². The average molecular weight is 583 g/mol. The molecule has 4 saturated carbocycles. The molecular weight excluding hydrogens is 536 g/mol. The van der Waals surface area contributed by atoms with Gasteiger partial charge in [-0.15, -0.1) is 0 Å². The minimum Gasteiger partial charge on any atom is -0.458 e. The number of methoxy groups -OCH3 is 1. The Labute approximate surface area is 240 Å². The van der Waals surface area contributed by atoms with Crippen LogP contribution in [-0.4, -0.2) is 112 Å². The number of fused-ring (bicyclic) bond motifs is 5. The molecule has 232 valence electrons. The van der Waals surface area contributed by atoms with Gasteiger partial charge in [0.2, 0.25) is 0 Å². The first kappa shape index (κ1) is 29.9. The third kappa shape index (κ3) is 4.37. The highest BCUT2D eigenvalue weighted by molar-refractivity contribution is 5.85. The summed E-state index contributed by atoms with van der Waals surface area (Å²) >= 11 is 0. The molecule has 6 aliphatic rings. The molecule has 14 atom stereocenters. The van der Waals surface area contributed by atoms with Crippen molar-refractivity contribution in [2.75, 3.05) is 26.9 Å². The SMILES string of the molecule is CO[C@@H]1[C@@H](O)[C@H](O[C@H]2CC[C@@]3(CO)[C@H](CC[C@@H]4[C@@H]3[C@H](O)C[C@]3(C)[C@@H](C5=CC(=O)OC5)CC[C@]43O)C2)O[C@H](CO)[C@H]1O. The number of aliphatic hydroxyl groups excluding tert-OH is 5. The zero-order valence-electron chi connectivity index (χ0n) is 23.9. The summed E-state index contributed by atoms with van der Waals surface area (Å²) in [4.78, 5) is 11.8. The summed E-state index contributed by atoms with van der Waals surface area (Å²) in [6.45, 7) is 1.75. The fourth-order valence-corrected chi connectivity index (χ4v) is 10.3. The molecule has 6 rings (SSSR count). The van der Waals surface area contributed by atoms with E-state index in [1.54, 1.807) is 6.08 Å². The predicted octanol–water partition coefficient (Wildman–Crippen LogP) is 0.0258. The molecule has 6 N–H and O–H groups in total. The highest BCUT2D eigenvalue weighted by Crippen LogP contribution is 2.70. The summed E-state index contributed by atoms with van der Waals surface area (Å²) in [6, 6.07) is 0. The summed E-state index contributed by atoms with van der Waals surface area (Å²) in [7, 11) is 1.38. The summed E-state index contributed by atoms with van der Waals surface area (Å²) in [5, 5.41) is 66.0. The molecule has 4 aliphatic carbocycles. The van der Waals surface area contributed by atoms with E-state index >= 15 is 0 Å². The molecule has 41 heavy (non-hydrogen) atoms. The molecule has 0 unspecified atom stereocenters. The van der Waals surface area contributed by atoms with Crippen LogP contribution in [0.25, 0.3) is 0 Å². The van der Waals surface area contributed by atoms with E-state index < -0.39 is 59.8 Å². The van der Waals surface area contributed by atoms with Gasteiger partial charge in [-0.25, -0.2) is 4.79 Å². The molecule has 0 radical (unpaired) electrons. The smallest absolute Gasteiger partial charge is 0.331 e. The Hall–Kier alpha value is -1.15. The predicted molar refractivity (Wildman–Crippen MR) is 142 cm³/mol. The van der Waals surface area contributed by atoms with Crippen LogP contribution in [-0.2, 0) is 23.7 Å². The lowest BCUT2D eigenvalue weighted by molar-refractivity contribution is -0.321. The molecule has 11 heteroatoms. The summed E-state index contributed by atoms with van der Waals surface area (Å²) in [5.74, 6) is -0.810. The highest BCUT2D eigenvalue weighted by atomic mass is 16.7. The van der Waals surface area contributed by atoms with Crippen molar-refractivity contribution in [1.29, 1.82) is 0 Å². The van der Waals surface area contributed by atoms with E-state index in [2.05, 4.69) is 6.92 Å². The molecule has 1 saturated heterocycles. The molecule has 2 heterocycles. The van der Waals surface area contributed by atoms with Gasteiger partial charge in [0.15, 0.2) is 6.29 Å². The molecule has 0 bridgehead atoms. The maximum atomic E-state index is 12.4. The fraction of sp³-hybridized carbons (Fsp3) is 0.900. The third-order valence-electron chi connectivity index (χ3n) is 12.3. The molecule has 0 aromatic heterocycles. The van der Waals surface area contributed by atoms with Crippen LogP contribution in [0.4, 0.5) is 0 Å². The second kappa shape index (κ2) is 10.8. The van der Waals surface area contributed by atoms with Crippen molar-refractivity contribution in [2.24, 2.45) is 34.5 Å². The number of rotatable bonds is 6. The van der Waals surface area contributed by atoms with Gasteiger partial charge in [-0.2, -0.15) is 0 Å². The number of hydrogen-bond acceptors (Lipinski definition) is 11. The topological polar surface area (TPSA) is 175 Å². The Morgan fingerprint density at radius 3 is 2.51 bits per heavy atom. The van der Waals surface area contributed by atoms with Gasteiger partial charge in [0.05, 0.1) is 24.4 Å². The average Bonchev–Trinajstić information content (AvgIpc) is 3.49. The quantitative estimate of drug-likeness (QED) is 0.184. The minimum atomic E-state index is -1.24. The van der Waals surface area contributed by atoms with Crippen LogP contribution >= 0.6 is 0 Å². The zero-order chi connectivity index (χ0) is 29.3. The Balaban J connectivity index is 1.21. The normalized spacial score (nSPS) is 53.2. The second-order valence-electron chi connectivity index (χ2n) is 13.8. The maximum Gasteiger partial charge on any atom is 0.331 e. The van der Waals surface area contributed by atoms with Crippen LogP contribution < -0.4 is 0 Å². The summed E-state index contributed by atoms with van der Waals surface area (Å²) in [5.41, 5.74) is -1.30. The molecule has 0 amide bonds. The molecule has 0 aromatic carbocycles. The zero-order valence-corrected chi connectivity index (χ0v) is 23.9. The van der Waals surface area contributed by atoms with Crippen molar-refractivity contribution in [3.8, 4) is 0 Å². The van der Waals surface area contributed by atoms with Crippen LogP contribution in [0.1, 0.15) is 58.3 Å². The van der Waals surface area contributed by atoms with E-state index in [-0.39, 0.29) is 49.0 Å². The lowest BCUT2D eigenvalue weighted by atomic mass is 9.42. The first-order valence-electron chi connectivity index (χ1n) is 15.2. The Bertz CT molecular complexity index is 1040. The Morgan fingerprint density at radius 2 is 1.85 bits per heavy atom. The summed E-state index contributed by atoms with van der Waals surface area (Å²) < 4.78 is 22.4. The Kier molecular flexibility index (Phi) is 7.86. The number of cyclic esters (lactones) is 1. The van der Waals surface area contributed by atoms with Crippen molar-refractivity contribution in [2.45, 2.75) is 107 Å². The van der Waals surface area contributed by atoms with E-state index in [1.165, 1.54) is 7.11 Å². The number of carbonyl (C=O) groups is 1. The van der Waals surface area contributed by atoms with Crippen LogP contribution in [0.2, 0.25) is 0 Å². The van der Waals surface area contributed by atoms with Crippen molar-refractivity contribution in [3.63, 3.8) is 0 Å². The lowest BCUT2D eigenvalue weighted by Crippen LogP contribution is -2.68. The van der Waals surface area contributed by atoms with Crippen molar-refractivity contribution >= 4 is 5.97 Å². The molecule has 0 spiro atoms. The van der Waals surface area contributed by atoms with Crippen LogP contribution in [0.5, 0.6) is 0 Å². The van der Waals surface area contributed by atoms with Gasteiger partial charge in [0, 0.05) is 30.6 Å². The van der Waals surface area contributed by atoms with Crippen LogP contribution in [0.3, 0.4) is 0 Å². The van der Waals surface area contributed by atoms with Gasteiger partial charge in [-0.3, -0.25) is 0 Å². The number of ether oxygens (including phenoxy) is 4. The third-order valence-corrected chi connectivity index (χ3v) is 12.3. The lowest BCUT2D eigenvalue weighted by Gasteiger charge is -2.65. The first-order chi connectivity index (χ1) is 19.5. The molecular formula is C30H46O11. The number of carbonyl (C=O) groups excluding carboxylic acids is 1. The monoisotopic (exact) mass is 582 g/mol. The van der Waals surface area contributed by atoms with Crippen LogP contribution in [0.15, 0.2) is 11.6 Å². The summed E-state index contributed by atoms with van der Waals surface area (Å²) in [6.07, 6.45) is 0.0377. The molecule has 0 aromatic rings. The van der Waals surface area contributed by atoms with Gasteiger partial charge in [-0.05, 0) is 80.6 Å². The van der Waals surface area contributed by atoms with Gasteiger partial charge in [0.1, 0.15) is 31.0 Å². The maximum absolute atomic E-state index is 12.4. The largest absolute Gasteiger partial charge is 0.458 e. The molecule has 5 fully saturated rings. The minimum absolute atomic E-state index is 0.0362. The van der Waals surface area contributed by atoms with E-state index in [1.807, 2.05) is 0 Å². The standard InChI is InChI=1S/C30H46O11/c1-28-11-20(33)23-19(30(28,37)8-6-18(28)15-9-22(34)39-13-15)4-3-16-10-17(5-7-29(16,23)14-32)40-27-25(36)26(38-2)24(35)21(12-31)41-27/h9,16-21,23-27,31-33,35-37H,3-8,10-14H2,1-2H3/t16-,17+,18-,19-,20-,21-,23-,24-,25-,26+,27-,28-,29-,30+/m1/s1. The Morgan fingerprint density at radius 1 is 1.07 bits per heavy atom. The number of aliphatic hydroxyl groups is 6. The van der Waals surface area contributed by atoms with E-state index in [0.29, 0.717) is 38.5 Å². The van der Waals surface area contributed by atoms with Crippen molar-refractivity contribution in [1.82, 2.24) is 0 Å². The van der Waals surface area contributed by atoms with Crippen molar-refractivity contribution < 1.29 is 54.4 Å². The fourth-order valence-electron chi connectivity index (χ4n) is 10.3. The molecule has 2 aliphatic heterocycles.